The zero-order chi connectivity index (χ0) is 12.4. The van der Waals surface area contributed by atoms with Gasteiger partial charge in [-0.15, -0.1) is 0 Å². The molecule has 1 aliphatic rings. The maximum atomic E-state index is 11.6. The molecule has 2 rings (SSSR count). The molecule has 0 bridgehead atoms. The van der Waals surface area contributed by atoms with Gasteiger partial charge in [-0.1, -0.05) is 35.3 Å². The molecule has 90 valence electrons. The highest BCUT2D eigenvalue weighted by molar-refractivity contribution is 6.43. The Labute approximate surface area is 111 Å². The molecular formula is C13H13Cl2NO. The molecule has 1 N–H and O–H groups in total. The lowest BCUT2D eigenvalue weighted by molar-refractivity contribution is -0.116. The van der Waals surface area contributed by atoms with Crippen molar-refractivity contribution in [2.24, 2.45) is 0 Å². The second kappa shape index (κ2) is 5.11. The standard InChI is InChI=1S/C13H13Cl2NO/c1-8(7-12(17)16-9-5-6-9)10-3-2-4-11(14)13(10)15/h2-4,7,9H,5-6H2,1H3,(H,16,17). The number of benzene rings is 1. The van der Waals surface area contributed by atoms with Gasteiger partial charge in [0.25, 0.3) is 0 Å². The first-order chi connectivity index (χ1) is 8.08. The molecule has 1 fully saturated rings. The van der Waals surface area contributed by atoms with Gasteiger partial charge in [-0.05, 0) is 37.0 Å². The van der Waals surface area contributed by atoms with Gasteiger partial charge in [0.15, 0.2) is 0 Å². The predicted octanol–water partition coefficient (Wildman–Crippen LogP) is 3.68. The third-order valence-electron chi connectivity index (χ3n) is 2.65. The predicted molar refractivity (Wildman–Crippen MR) is 71.3 cm³/mol. The van der Waals surface area contributed by atoms with Crippen molar-refractivity contribution in [2.45, 2.75) is 25.8 Å². The van der Waals surface area contributed by atoms with Crippen LogP contribution in [0.2, 0.25) is 10.0 Å². The highest BCUT2D eigenvalue weighted by atomic mass is 35.5. The Kier molecular flexibility index (Phi) is 3.75. The summed E-state index contributed by atoms with van der Waals surface area (Å²) >= 11 is 12.0. The summed E-state index contributed by atoms with van der Waals surface area (Å²) in [5.41, 5.74) is 1.61. The zero-order valence-corrected chi connectivity index (χ0v) is 11.0. The monoisotopic (exact) mass is 269 g/mol. The van der Waals surface area contributed by atoms with Crippen LogP contribution in [-0.4, -0.2) is 11.9 Å². The summed E-state index contributed by atoms with van der Waals surface area (Å²) in [6.07, 6.45) is 3.73. The van der Waals surface area contributed by atoms with Crippen molar-refractivity contribution < 1.29 is 4.79 Å². The van der Waals surface area contributed by atoms with Crippen LogP contribution in [0.15, 0.2) is 24.3 Å². The van der Waals surface area contributed by atoms with Crippen molar-refractivity contribution in [3.63, 3.8) is 0 Å². The molecule has 1 aromatic rings. The zero-order valence-electron chi connectivity index (χ0n) is 9.47. The Hall–Kier alpha value is -0.990. The Balaban J connectivity index is 2.17. The fraction of sp³-hybridized carbons (Fsp3) is 0.308. The Morgan fingerprint density at radius 2 is 2.12 bits per heavy atom. The van der Waals surface area contributed by atoms with Crippen LogP contribution in [0.1, 0.15) is 25.3 Å². The lowest BCUT2D eigenvalue weighted by Gasteiger charge is -2.06. The lowest BCUT2D eigenvalue weighted by Crippen LogP contribution is -2.23. The summed E-state index contributed by atoms with van der Waals surface area (Å²) in [4.78, 5) is 11.6. The SMILES string of the molecule is CC(=CC(=O)NC1CC1)c1cccc(Cl)c1Cl. The molecule has 0 saturated heterocycles. The maximum absolute atomic E-state index is 11.6. The number of carbonyl (C=O) groups is 1. The molecule has 0 aromatic heterocycles. The van der Waals surface area contributed by atoms with E-state index < -0.39 is 0 Å². The first-order valence-electron chi connectivity index (χ1n) is 5.51. The molecule has 4 heteroatoms. The molecule has 0 unspecified atom stereocenters. The Morgan fingerprint density at radius 1 is 1.41 bits per heavy atom. The molecule has 0 aliphatic heterocycles. The average Bonchev–Trinajstić information content (AvgIpc) is 3.05. The molecular weight excluding hydrogens is 257 g/mol. The van der Waals surface area contributed by atoms with E-state index in [9.17, 15) is 4.79 Å². The molecule has 17 heavy (non-hydrogen) atoms. The van der Waals surface area contributed by atoms with E-state index >= 15 is 0 Å². The van der Waals surface area contributed by atoms with Crippen LogP contribution >= 0.6 is 23.2 Å². The summed E-state index contributed by atoms with van der Waals surface area (Å²) in [5.74, 6) is -0.0685. The number of rotatable bonds is 3. The topological polar surface area (TPSA) is 29.1 Å². The normalized spacial score (nSPS) is 15.8. The van der Waals surface area contributed by atoms with Crippen molar-refractivity contribution in [1.82, 2.24) is 5.32 Å². The number of carbonyl (C=O) groups excluding carboxylic acids is 1. The highest BCUT2D eigenvalue weighted by Gasteiger charge is 2.22. The van der Waals surface area contributed by atoms with E-state index in [1.165, 1.54) is 0 Å². The van der Waals surface area contributed by atoms with Gasteiger partial charge in [-0.3, -0.25) is 4.79 Å². The van der Waals surface area contributed by atoms with Gasteiger partial charge in [0, 0.05) is 12.1 Å². The van der Waals surface area contributed by atoms with Crippen LogP contribution < -0.4 is 5.32 Å². The quantitative estimate of drug-likeness (QED) is 0.834. The Bertz CT molecular complexity index is 478. The number of hydrogen-bond donors (Lipinski definition) is 1. The molecule has 1 saturated carbocycles. The Morgan fingerprint density at radius 3 is 2.76 bits per heavy atom. The van der Waals surface area contributed by atoms with Crippen LogP contribution in [0.25, 0.3) is 5.57 Å². The fourth-order valence-electron chi connectivity index (χ4n) is 1.55. The molecule has 0 radical (unpaired) electrons. The minimum Gasteiger partial charge on any atom is -0.350 e. The van der Waals surface area contributed by atoms with E-state index in [0.717, 1.165) is 24.0 Å². The fourth-order valence-corrected chi connectivity index (χ4v) is 2.00. The van der Waals surface area contributed by atoms with Gasteiger partial charge in [0.05, 0.1) is 10.0 Å². The van der Waals surface area contributed by atoms with E-state index in [1.54, 1.807) is 12.1 Å². The highest BCUT2D eigenvalue weighted by Crippen LogP contribution is 2.30. The smallest absolute Gasteiger partial charge is 0.244 e. The minimum atomic E-state index is -0.0685. The minimum absolute atomic E-state index is 0.0685. The summed E-state index contributed by atoms with van der Waals surface area (Å²) in [5, 5.41) is 3.88. The average molecular weight is 270 g/mol. The van der Waals surface area contributed by atoms with Crippen molar-refractivity contribution in [1.29, 1.82) is 0 Å². The van der Waals surface area contributed by atoms with E-state index in [1.807, 2.05) is 19.1 Å². The van der Waals surface area contributed by atoms with Crippen molar-refractivity contribution in [3.8, 4) is 0 Å². The van der Waals surface area contributed by atoms with E-state index in [0.29, 0.717) is 16.1 Å². The van der Waals surface area contributed by atoms with Crippen LogP contribution in [0.5, 0.6) is 0 Å². The number of amides is 1. The largest absolute Gasteiger partial charge is 0.350 e. The number of halogens is 2. The molecule has 1 aromatic carbocycles. The van der Waals surface area contributed by atoms with Crippen LogP contribution in [0.4, 0.5) is 0 Å². The second-order valence-electron chi connectivity index (χ2n) is 4.21. The van der Waals surface area contributed by atoms with Crippen molar-refractivity contribution in [2.75, 3.05) is 0 Å². The first-order valence-corrected chi connectivity index (χ1v) is 6.26. The van der Waals surface area contributed by atoms with Gasteiger partial charge < -0.3 is 5.32 Å². The van der Waals surface area contributed by atoms with Crippen molar-refractivity contribution >= 4 is 34.7 Å². The molecule has 0 heterocycles. The van der Waals surface area contributed by atoms with Gasteiger partial charge >= 0.3 is 0 Å². The van der Waals surface area contributed by atoms with Crippen molar-refractivity contribution in [3.05, 3.63) is 39.9 Å². The second-order valence-corrected chi connectivity index (χ2v) is 5.00. The number of hydrogen-bond acceptors (Lipinski definition) is 1. The van der Waals surface area contributed by atoms with Crippen LogP contribution in [0, 0.1) is 0 Å². The third-order valence-corrected chi connectivity index (χ3v) is 3.47. The van der Waals surface area contributed by atoms with Gasteiger partial charge in [-0.25, -0.2) is 0 Å². The molecule has 0 spiro atoms. The van der Waals surface area contributed by atoms with E-state index in [-0.39, 0.29) is 5.91 Å². The molecule has 1 amide bonds. The number of nitrogens with one attached hydrogen (secondary N) is 1. The van der Waals surface area contributed by atoms with Gasteiger partial charge in [0.1, 0.15) is 0 Å². The maximum Gasteiger partial charge on any atom is 0.244 e. The summed E-state index contributed by atoms with van der Waals surface area (Å²) in [6.45, 7) is 1.85. The lowest BCUT2D eigenvalue weighted by atomic mass is 10.1. The third kappa shape index (κ3) is 3.24. The van der Waals surface area contributed by atoms with E-state index in [2.05, 4.69) is 5.32 Å². The summed E-state index contributed by atoms with van der Waals surface area (Å²) in [6, 6.07) is 5.76. The summed E-state index contributed by atoms with van der Waals surface area (Å²) in [7, 11) is 0. The first kappa shape index (κ1) is 12.5. The summed E-state index contributed by atoms with van der Waals surface area (Å²) < 4.78 is 0. The van der Waals surface area contributed by atoms with Crippen LogP contribution in [-0.2, 0) is 4.79 Å². The molecule has 0 atom stereocenters. The molecule has 2 nitrogen and oxygen atoms in total. The molecule has 1 aliphatic carbocycles. The number of allylic oxidation sites excluding steroid dienone is 1. The van der Waals surface area contributed by atoms with Gasteiger partial charge in [0.2, 0.25) is 5.91 Å². The van der Waals surface area contributed by atoms with E-state index in [4.69, 9.17) is 23.2 Å². The van der Waals surface area contributed by atoms with Gasteiger partial charge in [-0.2, -0.15) is 0 Å². The van der Waals surface area contributed by atoms with Crippen LogP contribution in [0.3, 0.4) is 0 Å².